The second-order valence-corrected chi connectivity index (χ2v) is 0.652. The van der Waals surface area contributed by atoms with E-state index in [4.69, 9.17) is 9.90 Å². The van der Waals surface area contributed by atoms with Crippen molar-refractivity contribution in [2.24, 2.45) is 5.73 Å². The van der Waals surface area contributed by atoms with Crippen molar-refractivity contribution in [3.63, 3.8) is 0 Å². The summed E-state index contributed by atoms with van der Waals surface area (Å²) < 4.78 is 0. The van der Waals surface area contributed by atoms with E-state index in [0.29, 0.717) is 0 Å². The first-order valence-electron chi connectivity index (χ1n) is 1.15. The third-order valence-electron chi connectivity index (χ3n) is 0.201. The van der Waals surface area contributed by atoms with Gasteiger partial charge in [-0.1, -0.05) is 0 Å². The standard InChI is InChI=1S/C2H3NO3.Cs/c3-1(4)2(5)6;/h(H2,3,4)(H,5,6);/q;+1/p-1. The van der Waals surface area contributed by atoms with Crippen molar-refractivity contribution < 1.29 is 83.6 Å². The number of amides is 1. The number of carbonyl (C=O) groups is 2. The Bertz CT molecular complexity index is 78.9. The van der Waals surface area contributed by atoms with E-state index in [1.165, 1.54) is 0 Å². The number of carboxylic acids is 1. The van der Waals surface area contributed by atoms with E-state index in [1.54, 1.807) is 0 Å². The Balaban J connectivity index is 0. The zero-order valence-electron chi connectivity index (χ0n) is 3.80. The van der Waals surface area contributed by atoms with Gasteiger partial charge in [-0.3, -0.25) is 4.79 Å². The molecule has 4 nitrogen and oxygen atoms in total. The van der Waals surface area contributed by atoms with Crippen molar-refractivity contribution in [1.29, 1.82) is 0 Å². The predicted molar refractivity (Wildman–Crippen MR) is 14.2 cm³/mol. The third kappa shape index (κ3) is 6.99. The first-order chi connectivity index (χ1) is 2.64. The number of primary amides is 1. The van der Waals surface area contributed by atoms with Gasteiger partial charge in [0.15, 0.2) is 0 Å². The number of hydrogen-bond acceptors (Lipinski definition) is 3. The number of carbonyl (C=O) groups excluding carboxylic acids is 2. The first kappa shape index (κ1) is 10.9. The Morgan fingerprint density at radius 1 is 1.43 bits per heavy atom. The van der Waals surface area contributed by atoms with Crippen molar-refractivity contribution in [2.75, 3.05) is 0 Å². The van der Waals surface area contributed by atoms with Crippen LogP contribution in [0.3, 0.4) is 0 Å². The maximum absolute atomic E-state index is 9.26. The normalized spacial score (nSPS) is 6.29. The van der Waals surface area contributed by atoms with Gasteiger partial charge in [0.1, 0.15) is 5.97 Å². The van der Waals surface area contributed by atoms with Crippen molar-refractivity contribution in [3.8, 4) is 0 Å². The van der Waals surface area contributed by atoms with Crippen molar-refractivity contribution >= 4 is 11.9 Å². The Kier molecular flexibility index (Phi) is 7.98. The second-order valence-electron chi connectivity index (χ2n) is 0.652. The van der Waals surface area contributed by atoms with Gasteiger partial charge in [0.05, 0.1) is 0 Å². The molecule has 0 rings (SSSR count). The monoisotopic (exact) mass is 221 g/mol. The molecule has 0 unspecified atom stereocenters. The van der Waals surface area contributed by atoms with Gasteiger partial charge in [-0.2, -0.15) is 0 Å². The SMILES string of the molecule is NC(=O)C(=O)[O-].[Cs+]. The minimum Gasteiger partial charge on any atom is -0.540 e. The largest absolute Gasteiger partial charge is 1.00 e. The molecule has 0 fully saturated rings. The van der Waals surface area contributed by atoms with Crippen molar-refractivity contribution in [2.45, 2.75) is 0 Å². The summed E-state index contributed by atoms with van der Waals surface area (Å²) in [5.74, 6) is -3.29. The van der Waals surface area contributed by atoms with Gasteiger partial charge in [0, 0.05) is 0 Å². The molecular weight excluding hydrogens is 219 g/mol. The summed E-state index contributed by atoms with van der Waals surface area (Å²) in [6, 6.07) is 0. The summed E-state index contributed by atoms with van der Waals surface area (Å²) in [4.78, 5) is 18.4. The molecule has 0 atom stereocenters. The summed E-state index contributed by atoms with van der Waals surface area (Å²) in [6.07, 6.45) is 0. The van der Waals surface area contributed by atoms with Crippen LogP contribution < -0.4 is 79.7 Å². The van der Waals surface area contributed by atoms with Gasteiger partial charge in [-0.05, 0) is 0 Å². The summed E-state index contributed by atoms with van der Waals surface area (Å²) in [7, 11) is 0. The van der Waals surface area contributed by atoms with Crippen LogP contribution in [0, 0.1) is 0 Å². The molecule has 0 aliphatic rings. The Morgan fingerprint density at radius 2 is 1.57 bits per heavy atom. The van der Waals surface area contributed by atoms with Gasteiger partial charge in [-0.25, -0.2) is 0 Å². The Morgan fingerprint density at radius 3 is 1.57 bits per heavy atom. The van der Waals surface area contributed by atoms with E-state index >= 15 is 0 Å². The van der Waals surface area contributed by atoms with E-state index in [-0.39, 0.29) is 68.9 Å². The fourth-order valence-electron chi connectivity index (χ4n) is 0. The molecule has 0 radical (unpaired) electrons. The zero-order valence-corrected chi connectivity index (χ0v) is 10.1. The molecule has 7 heavy (non-hydrogen) atoms. The van der Waals surface area contributed by atoms with Crippen LogP contribution in [0.25, 0.3) is 0 Å². The minimum absolute atomic E-state index is 0. The fraction of sp³-hybridized carbons (Fsp3) is 0. The van der Waals surface area contributed by atoms with Gasteiger partial charge < -0.3 is 15.6 Å². The van der Waals surface area contributed by atoms with E-state index in [9.17, 15) is 4.79 Å². The van der Waals surface area contributed by atoms with Crippen molar-refractivity contribution in [3.05, 3.63) is 0 Å². The predicted octanol–water partition coefficient (Wildman–Crippen LogP) is -5.77. The molecule has 5 heteroatoms. The third-order valence-corrected chi connectivity index (χ3v) is 0.201. The summed E-state index contributed by atoms with van der Waals surface area (Å²) in [5.41, 5.74) is 4.13. The number of nitrogens with two attached hydrogens (primary N) is 1. The van der Waals surface area contributed by atoms with Gasteiger partial charge in [-0.15, -0.1) is 0 Å². The van der Waals surface area contributed by atoms with Crippen LogP contribution in [0.5, 0.6) is 0 Å². The molecule has 0 aromatic carbocycles. The molecule has 0 aliphatic carbocycles. The van der Waals surface area contributed by atoms with Gasteiger partial charge >= 0.3 is 68.9 Å². The van der Waals surface area contributed by atoms with E-state index in [2.05, 4.69) is 5.73 Å². The van der Waals surface area contributed by atoms with Crippen LogP contribution in [0.15, 0.2) is 0 Å². The molecule has 0 aromatic heterocycles. The maximum atomic E-state index is 9.26. The summed E-state index contributed by atoms with van der Waals surface area (Å²) in [5, 5.41) is 9.11. The molecule has 0 saturated heterocycles. The number of rotatable bonds is 0. The molecular formula is C2H2CsNO3. The zero-order chi connectivity index (χ0) is 5.15. The molecule has 0 spiro atoms. The fourth-order valence-corrected chi connectivity index (χ4v) is 0. The van der Waals surface area contributed by atoms with Crippen LogP contribution in [-0.4, -0.2) is 11.9 Å². The Labute approximate surface area is 98.9 Å². The first-order valence-corrected chi connectivity index (χ1v) is 1.15. The van der Waals surface area contributed by atoms with Gasteiger partial charge in [0.2, 0.25) is 0 Å². The minimum atomic E-state index is -1.85. The number of carboxylic acid groups (broad SMARTS) is 1. The molecule has 0 bridgehead atoms. The number of aliphatic carboxylic acids is 1. The topological polar surface area (TPSA) is 83.2 Å². The smallest absolute Gasteiger partial charge is 0.540 e. The molecule has 1 amide bonds. The number of hydrogen-bond donors (Lipinski definition) is 1. The second kappa shape index (κ2) is 5.13. The average molecular weight is 221 g/mol. The Hall–Kier alpha value is 0.992. The molecule has 2 N–H and O–H groups in total. The van der Waals surface area contributed by atoms with E-state index in [1.807, 2.05) is 0 Å². The molecule has 0 saturated carbocycles. The molecule has 34 valence electrons. The molecule has 0 heterocycles. The summed E-state index contributed by atoms with van der Waals surface area (Å²) >= 11 is 0. The van der Waals surface area contributed by atoms with E-state index < -0.39 is 11.9 Å². The van der Waals surface area contributed by atoms with Crippen LogP contribution in [0.4, 0.5) is 0 Å². The van der Waals surface area contributed by atoms with Crippen LogP contribution >= 0.6 is 0 Å². The van der Waals surface area contributed by atoms with Crippen LogP contribution in [0.2, 0.25) is 0 Å². The molecule has 0 aromatic rings. The van der Waals surface area contributed by atoms with Crippen LogP contribution in [0.1, 0.15) is 0 Å². The average Bonchev–Trinajstić information content (AvgIpc) is 1.36. The quantitative estimate of drug-likeness (QED) is 0.413. The van der Waals surface area contributed by atoms with Crippen molar-refractivity contribution in [1.82, 2.24) is 0 Å². The van der Waals surface area contributed by atoms with Crippen LogP contribution in [-0.2, 0) is 9.59 Å². The van der Waals surface area contributed by atoms with E-state index in [0.717, 1.165) is 0 Å². The maximum Gasteiger partial charge on any atom is 1.00 e. The molecule has 0 aliphatic heterocycles. The van der Waals surface area contributed by atoms with Gasteiger partial charge in [0.25, 0.3) is 5.91 Å². The summed E-state index contributed by atoms with van der Waals surface area (Å²) in [6.45, 7) is 0.